The molecule has 1 saturated carbocycles. The van der Waals surface area contributed by atoms with Gasteiger partial charge in [0.1, 0.15) is 6.10 Å². The summed E-state index contributed by atoms with van der Waals surface area (Å²) in [5, 5.41) is 12.3. The maximum absolute atomic E-state index is 12.3. The van der Waals surface area contributed by atoms with Crippen LogP contribution in [0.1, 0.15) is 30.4 Å². The Bertz CT molecular complexity index is 1150. The molecule has 3 N–H and O–H groups in total. The summed E-state index contributed by atoms with van der Waals surface area (Å²) in [6.07, 6.45) is 2.72. The van der Waals surface area contributed by atoms with Crippen molar-refractivity contribution in [3.8, 4) is 11.5 Å². The Morgan fingerprint density at radius 2 is 1.43 bits per heavy atom. The van der Waals surface area contributed by atoms with Crippen molar-refractivity contribution in [1.82, 2.24) is 4.90 Å². The Balaban J connectivity index is 0.000000930. The quantitative estimate of drug-likeness (QED) is 0.123. The van der Waals surface area contributed by atoms with Gasteiger partial charge < -0.3 is 67.3 Å². The highest BCUT2D eigenvalue weighted by Crippen LogP contribution is 2.65. The van der Waals surface area contributed by atoms with Gasteiger partial charge in [0.15, 0.2) is 11.5 Å². The molecule has 0 radical (unpaired) electrons. The predicted molar refractivity (Wildman–Crippen MR) is 166 cm³/mol. The van der Waals surface area contributed by atoms with E-state index in [2.05, 4.69) is 18.0 Å². The van der Waals surface area contributed by atoms with Crippen LogP contribution in [0, 0.1) is 0 Å². The van der Waals surface area contributed by atoms with E-state index >= 15 is 0 Å². The number of aliphatic hydroxyl groups is 1. The second kappa shape index (κ2) is 18.0. The molecule has 15 nitrogen and oxygen atoms in total. The molecule has 1 saturated heterocycles. The zero-order valence-corrected chi connectivity index (χ0v) is 28.5. The predicted octanol–water partition coefficient (Wildman–Crippen LogP) is 0.0331. The second-order valence-corrected chi connectivity index (χ2v) is 13.0. The molecule has 0 amide bonds. The van der Waals surface area contributed by atoms with E-state index in [1.54, 1.807) is 14.2 Å². The molecule has 2 bridgehead atoms. The summed E-state index contributed by atoms with van der Waals surface area (Å²) in [7, 11) is 0.569. The van der Waals surface area contributed by atoms with Crippen LogP contribution in [0.4, 0.5) is 0 Å². The lowest BCUT2D eigenvalue weighted by Crippen LogP contribution is -2.76. The number of ether oxygens (including phenoxy) is 9. The fraction of sp³-hybridized carbons (Fsp3) is 0.806. The molecule has 1 aromatic rings. The van der Waals surface area contributed by atoms with Gasteiger partial charge >= 0.3 is 0 Å². The number of benzene rings is 1. The van der Waals surface area contributed by atoms with E-state index in [9.17, 15) is 5.11 Å². The van der Waals surface area contributed by atoms with Crippen molar-refractivity contribution in [3.05, 3.63) is 23.3 Å². The lowest BCUT2D eigenvalue weighted by atomic mass is 9.48. The number of nitrogens with zero attached hydrogens (tertiary/aromatic N) is 1. The molecule has 2 heterocycles. The average molecular weight is 693 g/mol. The van der Waals surface area contributed by atoms with E-state index in [4.69, 9.17) is 61.9 Å². The number of rotatable bonds is 20. The van der Waals surface area contributed by atoms with Crippen molar-refractivity contribution in [2.45, 2.75) is 54.9 Å². The number of likely N-dealkylation sites (tertiary alicyclic amines) is 1. The highest BCUT2D eigenvalue weighted by molar-refractivity contribution is 7.43. The largest absolute Gasteiger partial charge is 0.756 e. The molecule has 16 heteroatoms. The van der Waals surface area contributed by atoms with Crippen LogP contribution < -0.4 is 14.4 Å². The fourth-order valence-electron chi connectivity index (χ4n) is 7.41. The van der Waals surface area contributed by atoms with Crippen LogP contribution in [0.5, 0.6) is 11.5 Å². The molecule has 2 aliphatic heterocycles. The topological polar surface area (TPSA) is 187 Å². The molecule has 1 unspecified atom stereocenters. The summed E-state index contributed by atoms with van der Waals surface area (Å²) in [6.45, 7) is 7.19. The summed E-state index contributed by atoms with van der Waals surface area (Å²) in [5.41, 5.74) is 1.09. The van der Waals surface area contributed by atoms with Gasteiger partial charge in [0.05, 0.1) is 104 Å². The highest BCUT2D eigenvalue weighted by atomic mass is 31.2. The minimum absolute atomic E-state index is 0.0728. The summed E-state index contributed by atoms with van der Waals surface area (Å²) in [6, 6.07) is 4.23. The van der Waals surface area contributed by atoms with Gasteiger partial charge in [0.25, 0.3) is 7.82 Å². The second-order valence-electron chi connectivity index (χ2n) is 12.0. The van der Waals surface area contributed by atoms with Crippen LogP contribution in [-0.2, 0) is 49.6 Å². The number of likely N-dealkylation sites (N-methyl/N-ethyl adjacent to an activating group) is 1. The minimum Gasteiger partial charge on any atom is -0.756 e. The third-order valence-corrected chi connectivity index (χ3v) is 9.36. The molecular formula is C31H51NO14P-. The molecule has 270 valence electrons. The van der Waals surface area contributed by atoms with Gasteiger partial charge in [-0.25, -0.2) is 0 Å². The molecule has 2 aliphatic carbocycles. The lowest BCUT2D eigenvalue weighted by Gasteiger charge is -2.63. The number of piperidine rings is 1. The van der Waals surface area contributed by atoms with Gasteiger partial charge in [0, 0.05) is 18.7 Å². The van der Waals surface area contributed by atoms with Gasteiger partial charge in [-0.3, -0.25) is 4.57 Å². The van der Waals surface area contributed by atoms with E-state index in [1.807, 2.05) is 6.07 Å². The molecule has 2 fully saturated rings. The van der Waals surface area contributed by atoms with Crippen molar-refractivity contribution in [1.29, 1.82) is 0 Å². The third kappa shape index (κ3) is 9.43. The van der Waals surface area contributed by atoms with Crippen molar-refractivity contribution in [2.75, 3.05) is 107 Å². The zero-order chi connectivity index (χ0) is 33.9. The molecule has 4 aliphatic rings. The van der Waals surface area contributed by atoms with Crippen LogP contribution in [0.25, 0.3) is 0 Å². The fourth-order valence-corrected chi connectivity index (χ4v) is 7.41. The monoisotopic (exact) mass is 692 g/mol. The first-order valence-corrected chi connectivity index (χ1v) is 17.6. The smallest absolute Gasteiger partial charge is 0.262 e. The van der Waals surface area contributed by atoms with Crippen molar-refractivity contribution >= 4 is 7.82 Å². The molecule has 1 spiro atoms. The average Bonchev–Trinajstić information content (AvgIpc) is 3.38. The molecular weight excluding hydrogens is 641 g/mol. The maximum Gasteiger partial charge on any atom is 0.262 e. The van der Waals surface area contributed by atoms with Crippen LogP contribution >= 0.6 is 7.82 Å². The summed E-state index contributed by atoms with van der Waals surface area (Å²) < 4.78 is 60.1. The van der Waals surface area contributed by atoms with Crippen molar-refractivity contribution < 1.29 is 67.0 Å². The number of phosphoric acid groups is 1. The number of hydrogen-bond donors (Lipinski definition) is 3. The Morgan fingerprint density at radius 1 is 0.894 bits per heavy atom. The van der Waals surface area contributed by atoms with E-state index in [1.165, 1.54) is 5.56 Å². The van der Waals surface area contributed by atoms with Crippen LogP contribution in [-0.4, -0.2) is 151 Å². The summed E-state index contributed by atoms with van der Waals surface area (Å²) in [5.74, 6) is 1.53. The van der Waals surface area contributed by atoms with Crippen molar-refractivity contribution in [2.24, 2.45) is 0 Å². The van der Waals surface area contributed by atoms with Crippen LogP contribution in [0.2, 0.25) is 0 Å². The van der Waals surface area contributed by atoms with Gasteiger partial charge in [-0.1, -0.05) is 6.07 Å². The molecule has 1 aromatic carbocycles. The first-order valence-electron chi connectivity index (χ1n) is 16.1. The standard InChI is InChI=1S/C31H49NO10.H3O4P/c1-32-9-8-30-27-23-4-5-24(35-3)28(27)42-29(30)25(6-7-31(30,33)26(32)22-23)41-21-20-40-19-18-39-17-16-38-15-14-37-13-12-36-11-10-34-2;1-5(2,3)4/h4-5,25-26,29,33H,6-22H2,1-3H3;(H3,1,2,3,4)/p-1/t25-,26?,29-,30-,31+;/m0./s1. The van der Waals surface area contributed by atoms with E-state index in [0.29, 0.717) is 85.7 Å². The van der Waals surface area contributed by atoms with E-state index in [-0.39, 0.29) is 18.2 Å². The molecule has 0 aromatic heterocycles. The van der Waals surface area contributed by atoms with Gasteiger partial charge in [-0.05, 0) is 50.9 Å². The highest BCUT2D eigenvalue weighted by Gasteiger charge is 2.72. The zero-order valence-electron chi connectivity index (χ0n) is 27.6. The van der Waals surface area contributed by atoms with Gasteiger partial charge in [-0.15, -0.1) is 0 Å². The normalized spacial score (nSPS) is 27.5. The Morgan fingerprint density at radius 3 is 1.96 bits per heavy atom. The molecule has 5 rings (SSSR count). The SMILES string of the molecule is COCCOCCOCCOCCOCCOCCO[C@H]1CC[C@@]2(O)C3Cc4ccc(OC)c5c4[C@@]2(CCN3C)[C@H]1O5.O=P([O-])(O)O. The Kier molecular flexibility index (Phi) is 14.7. The maximum atomic E-state index is 12.3. The van der Waals surface area contributed by atoms with Gasteiger partial charge in [0.2, 0.25) is 0 Å². The first-order chi connectivity index (χ1) is 22.6. The van der Waals surface area contributed by atoms with Crippen molar-refractivity contribution in [3.63, 3.8) is 0 Å². The summed E-state index contributed by atoms with van der Waals surface area (Å²) in [4.78, 5) is 25.3. The molecule has 5 atom stereocenters. The Labute approximate surface area is 276 Å². The lowest BCUT2D eigenvalue weighted by molar-refractivity contribution is -0.214. The van der Waals surface area contributed by atoms with Crippen LogP contribution in [0.15, 0.2) is 12.1 Å². The van der Waals surface area contributed by atoms with Gasteiger partial charge in [-0.2, -0.15) is 0 Å². The first kappa shape index (κ1) is 38.4. The van der Waals surface area contributed by atoms with E-state index < -0.39 is 18.8 Å². The number of hydrogen-bond acceptors (Lipinski definition) is 13. The minimum atomic E-state index is -4.89. The van der Waals surface area contributed by atoms with Crippen LogP contribution in [0.3, 0.4) is 0 Å². The summed E-state index contributed by atoms with van der Waals surface area (Å²) >= 11 is 0. The molecule has 47 heavy (non-hydrogen) atoms. The number of methoxy groups -OCH3 is 2. The Hall–Kier alpha value is -1.43. The third-order valence-electron chi connectivity index (χ3n) is 9.36. The van der Waals surface area contributed by atoms with E-state index in [0.717, 1.165) is 42.9 Å².